The van der Waals surface area contributed by atoms with Crippen LogP contribution in [0.3, 0.4) is 0 Å². The van der Waals surface area contributed by atoms with Crippen molar-refractivity contribution >= 4 is 11.6 Å². The molecule has 0 bridgehead atoms. The van der Waals surface area contributed by atoms with Crippen LogP contribution < -0.4 is 0 Å². The van der Waals surface area contributed by atoms with E-state index >= 15 is 0 Å². The van der Waals surface area contributed by atoms with Crippen molar-refractivity contribution < 1.29 is 0 Å². The predicted molar refractivity (Wildman–Crippen MR) is 80.7 cm³/mol. The Kier molecular flexibility index (Phi) is 4.65. The van der Waals surface area contributed by atoms with Gasteiger partial charge in [-0.2, -0.15) is 5.10 Å². The number of hydrogen-bond donors (Lipinski definition) is 0. The van der Waals surface area contributed by atoms with Crippen molar-refractivity contribution in [2.75, 3.05) is 5.88 Å². The highest BCUT2D eigenvalue weighted by Gasteiger charge is 2.12. The average molecular weight is 277 g/mol. The second-order valence-corrected chi connectivity index (χ2v) is 5.62. The summed E-state index contributed by atoms with van der Waals surface area (Å²) < 4.78 is 1.96. The molecule has 19 heavy (non-hydrogen) atoms. The van der Waals surface area contributed by atoms with Crippen LogP contribution in [0.15, 0.2) is 30.3 Å². The van der Waals surface area contributed by atoms with E-state index < -0.39 is 0 Å². The maximum atomic E-state index is 6.13. The van der Waals surface area contributed by atoms with Crippen molar-refractivity contribution in [1.82, 2.24) is 9.78 Å². The molecular formula is C16H21ClN2. The number of halogens is 1. The van der Waals surface area contributed by atoms with Crippen LogP contribution in [0.25, 0.3) is 0 Å². The van der Waals surface area contributed by atoms with Gasteiger partial charge < -0.3 is 0 Å². The quantitative estimate of drug-likeness (QED) is 0.762. The number of aryl methyl sites for hydroxylation is 3. The smallest absolute Gasteiger partial charge is 0.0596 e. The lowest BCUT2D eigenvalue weighted by Gasteiger charge is -2.14. The number of alkyl halides is 1. The zero-order valence-corrected chi connectivity index (χ0v) is 12.6. The van der Waals surface area contributed by atoms with Crippen LogP contribution in [0.2, 0.25) is 0 Å². The first-order valence-electron chi connectivity index (χ1n) is 6.69. The number of benzene rings is 1. The molecule has 1 atom stereocenters. The molecule has 0 aliphatic heterocycles. The Balaban J connectivity index is 2.04. The van der Waals surface area contributed by atoms with E-state index in [4.69, 9.17) is 11.6 Å². The van der Waals surface area contributed by atoms with E-state index in [1.165, 1.54) is 16.8 Å². The number of hydrogen-bond acceptors (Lipinski definition) is 1. The molecule has 3 heteroatoms. The number of aromatic nitrogens is 2. The normalized spacial score (nSPS) is 12.6. The van der Waals surface area contributed by atoms with Crippen molar-refractivity contribution in [3.63, 3.8) is 0 Å². The molecule has 0 spiro atoms. The Hall–Kier alpha value is -1.28. The minimum absolute atomic E-state index is 0.458. The molecule has 1 aromatic heterocycles. The van der Waals surface area contributed by atoms with Gasteiger partial charge in [-0.05, 0) is 44.2 Å². The molecule has 0 amide bonds. The summed E-state index contributed by atoms with van der Waals surface area (Å²) in [5.74, 6) is 1.14. The highest BCUT2D eigenvalue weighted by atomic mass is 35.5. The predicted octanol–water partition coefficient (Wildman–Crippen LogP) is 3.68. The lowest BCUT2D eigenvalue weighted by molar-refractivity contribution is 0.551. The molecule has 0 radical (unpaired) electrons. The summed E-state index contributed by atoms with van der Waals surface area (Å²) in [6, 6.07) is 10.9. The van der Waals surface area contributed by atoms with E-state index in [2.05, 4.69) is 42.4 Å². The number of rotatable bonds is 5. The monoisotopic (exact) mass is 276 g/mol. The summed E-state index contributed by atoms with van der Waals surface area (Å²) >= 11 is 6.13. The fraction of sp³-hybridized carbons (Fsp3) is 0.438. The first kappa shape index (κ1) is 14.1. The van der Waals surface area contributed by atoms with Gasteiger partial charge in [0.25, 0.3) is 0 Å². The molecule has 102 valence electrons. The Morgan fingerprint density at radius 1 is 1.16 bits per heavy atom. The van der Waals surface area contributed by atoms with Gasteiger partial charge in [-0.3, -0.25) is 4.68 Å². The minimum Gasteiger partial charge on any atom is -0.272 e. The molecule has 0 saturated heterocycles. The van der Waals surface area contributed by atoms with Crippen LogP contribution in [0, 0.1) is 19.8 Å². The van der Waals surface area contributed by atoms with Gasteiger partial charge >= 0.3 is 0 Å². The van der Waals surface area contributed by atoms with Gasteiger partial charge in [0.05, 0.1) is 5.69 Å². The summed E-state index contributed by atoms with van der Waals surface area (Å²) in [4.78, 5) is 0. The van der Waals surface area contributed by atoms with E-state index in [1.807, 2.05) is 18.7 Å². The summed E-state index contributed by atoms with van der Waals surface area (Å²) in [7, 11) is 2.00. The molecule has 0 saturated carbocycles. The van der Waals surface area contributed by atoms with Gasteiger partial charge in [0, 0.05) is 18.6 Å². The maximum absolute atomic E-state index is 6.13. The molecule has 0 N–H and O–H groups in total. The SMILES string of the molecule is Cc1ccc(CC(CCl)Cc2cc(C)nn2C)cc1. The van der Waals surface area contributed by atoms with Crippen molar-refractivity contribution in [3.8, 4) is 0 Å². The highest BCUT2D eigenvalue weighted by molar-refractivity contribution is 6.18. The lowest BCUT2D eigenvalue weighted by Crippen LogP contribution is -2.12. The van der Waals surface area contributed by atoms with Gasteiger partial charge in [-0.15, -0.1) is 11.6 Å². The van der Waals surface area contributed by atoms with E-state index in [0.717, 1.165) is 18.5 Å². The van der Waals surface area contributed by atoms with E-state index in [0.29, 0.717) is 11.8 Å². The van der Waals surface area contributed by atoms with Gasteiger partial charge in [-0.1, -0.05) is 29.8 Å². The van der Waals surface area contributed by atoms with Crippen LogP contribution in [-0.4, -0.2) is 15.7 Å². The summed E-state index contributed by atoms with van der Waals surface area (Å²) in [6.45, 7) is 4.14. The minimum atomic E-state index is 0.458. The first-order valence-corrected chi connectivity index (χ1v) is 7.23. The van der Waals surface area contributed by atoms with Gasteiger partial charge in [0.1, 0.15) is 0 Å². The van der Waals surface area contributed by atoms with Crippen molar-refractivity contribution in [2.45, 2.75) is 26.7 Å². The number of nitrogens with zero attached hydrogens (tertiary/aromatic N) is 2. The topological polar surface area (TPSA) is 17.8 Å². The molecule has 1 unspecified atom stereocenters. The van der Waals surface area contributed by atoms with E-state index in [9.17, 15) is 0 Å². The first-order chi connectivity index (χ1) is 9.08. The Labute approximate surface area is 120 Å². The zero-order valence-electron chi connectivity index (χ0n) is 11.9. The molecule has 0 aliphatic rings. The lowest BCUT2D eigenvalue weighted by atomic mass is 9.96. The highest BCUT2D eigenvalue weighted by Crippen LogP contribution is 2.17. The molecule has 2 aromatic rings. The van der Waals surface area contributed by atoms with Gasteiger partial charge in [-0.25, -0.2) is 0 Å². The molecular weight excluding hydrogens is 256 g/mol. The third-order valence-electron chi connectivity index (χ3n) is 3.46. The third kappa shape index (κ3) is 3.84. The Morgan fingerprint density at radius 2 is 1.84 bits per heavy atom. The molecule has 1 aromatic carbocycles. The summed E-state index contributed by atoms with van der Waals surface area (Å²) in [6.07, 6.45) is 2.00. The Bertz CT molecular complexity index is 528. The third-order valence-corrected chi connectivity index (χ3v) is 3.90. The Morgan fingerprint density at radius 3 is 2.37 bits per heavy atom. The second-order valence-electron chi connectivity index (χ2n) is 5.31. The zero-order chi connectivity index (χ0) is 13.8. The molecule has 0 fully saturated rings. The average Bonchev–Trinajstić information content (AvgIpc) is 2.69. The maximum Gasteiger partial charge on any atom is 0.0596 e. The summed E-state index contributed by atoms with van der Waals surface area (Å²) in [5, 5.41) is 4.39. The standard InChI is InChI=1S/C16H21ClN2/c1-12-4-6-14(7-5-12)9-15(11-17)10-16-8-13(2)18-19(16)3/h4-8,15H,9-11H2,1-3H3. The molecule has 0 aliphatic carbocycles. The van der Waals surface area contributed by atoms with Crippen molar-refractivity contribution in [3.05, 3.63) is 52.8 Å². The molecule has 1 heterocycles. The fourth-order valence-electron chi connectivity index (χ4n) is 2.39. The van der Waals surface area contributed by atoms with Crippen LogP contribution in [0.4, 0.5) is 0 Å². The van der Waals surface area contributed by atoms with Crippen LogP contribution >= 0.6 is 11.6 Å². The van der Waals surface area contributed by atoms with Crippen LogP contribution in [-0.2, 0) is 19.9 Å². The summed E-state index contributed by atoms with van der Waals surface area (Å²) in [5.41, 5.74) is 4.99. The van der Waals surface area contributed by atoms with Crippen molar-refractivity contribution in [2.24, 2.45) is 13.0 Å². The van der Waals surface area contributed by atoms with Crippen molar-refractivity contribution in [1.29, 1.82) is 0 Å². The van der Waals surface area contributed by atoms with Gasteiger partial charge in [0.15, 0.2) is 0 Å². The van der Waals surface area contributed by atoms with Crippen LogP contribution in [0.5, 0.6) is 0 Å². The van der Waals surface area contributed by atoms with E-state index in [-0.39, 0.29) is 0 Å². The van der Waals surface area contributed by atoms with E-state index in [1.54, 1.807) is 0 Å². The molecule has 2 rings (SSSR count). The van der Waals surface area contributed by atoms with Gasteiger partial charge in [0.2, 0.25) is 0 Å². The fourth-order valence-corrected chi connectivity index (χ4v) is 2.61. The second kappa shape index (κ2) is 6.25. The molecule has 2 nitrogen and oxygen atoms in total. The largest absolute Gasteiger partial charge is 0.272 e. The van der Waals surface area contributed by atoms with Crippen LogP contribution in [0.1, 0.15) is 22.5 Å².